The van der Waals surface area contributed by atoms with Crippen molar-refractivity contribution >= 4 is 28.6 Å². The van der Waals surface area contributed by atoms with Crippen LogP contribution >= 0.6 is 0 Å². The number of nitrogens with zero attached hydrogens (tertiary/aromatic N) is 1. The summed E-state index contributed by atoms with van der Waals surface area (Å²) in [6.07, 6.45) is 4.96. The van der Waals surface area contributed by atoms with Crippen LogP contribution in [-0.4, -0.2) is 46.2 Å². The van der Waals surface area contributed by atoms with Gasteiger partial charge < -0.3 is 20.5 Å². The van der Waals surface area contributed by atoms with Gasteiger partial charge in [-0.2, -0.15) is 0 Å². The number of carbonyl (C=O) groups excluding carboxylic acids is 3. The first kappa shape index (κ1) is 26.8. The summed E-state index contributed by atoms with van der Waals surface area (Å²) in [6.45, 7) is 2.73. The van der Waals surface area contributed by atoms with Gasteiger partial charge in [-0.05, 0) is 35.2 Å². The standard InChI is InChI=1S/C34H36N4O3/c1-2-3-4-12-19-35-32(39)28(20-22-13-6-5-7-14-22)37-33(40)29-21-26-23-15-10-11-18-27(23)36-30(26)31-24-16-8-9-17-25(24)34(41)38(29)31/h5-11,13-18,28-29,31,36H,2-4,12,19-21H2,1H3,(H,35,39)(H,37,40)/t28-,29-,31+/m0/s1. The molecule has 6 rings (SSSR count). The molecule has 0 unspecified atom stereocenters. The van der Waals surface area contributed by atoms with E-state index in [0.29, 0.717) is 24.9 Å². The van der Waals surface area contributed by atoms with E-state index in [2.05, 4.69) is 28.6 Å². The topological polar surface area (TPSA) is 94.3 Å². The van der Waals surface area contributed by atoms with Crippen LogP contribution < -0.4 is 10.6 Å². The molecule has 0 spiro atoms. The van der Waals surface area contributed by atoms with Crippen molar-refractivity contribution < 1.29 is 14.4 Å². The Labute approximate surface area is 240 Å². The Morgan fingerprint density at radius 1 is 0.951 bits per heavy atom. The molecule has 0 radical (unpaired) electrons. The zero-order chi connectivity index (χ0) is 28.3. The van der Waals surface area contributed by atoms with Gasteiger partial charge in [0.15, 0.2) is 0 Å². The average molecular weight is 549 g/mol. The van der Waals surface area contributed by atoms with Gasteiger partial charge in [-0.1, -0.05) is 92.9 Å². The van der Waals surface area contributed by atoms with Crippen LogP contribution in [0.1, 0.15) is 71.4 Å². The molecule has 0 bridgehead atoms. The molecule has 3 aromatic carbocycles. The van der Waals surface area contributed by atoms with Crippen LogP contribution in [0.2, 0.25) is 0 Å². The normalized spacial score (nSPS) is 18.0. The van der Waals surface area contributed by atoms with E-state index in [0.717, 1.165) is 59.0 Å². The molecule has 0 saturated heterocycles. The SMILES string of the molecule is CCCCCCNC(=O)[C@H](Cc1ccccc1)NC(=O)[C@@H]1Cc2c([nH]c3ccccc23)[C@H]2c3ccccc3C(=O)N21. The number of carbonyl (C=O) groups is 3. The smallest absolute Gasteiger partial charge is 0.255 e. The second kappa shape index (κ2) is 11.6. The summed E-state index contributed by atoms with van der Waals surface area (Å²) in [7, 11) is 0. The van der Waals surface area contributed by atoms with Gasteiger partial charge in [-0.25, -0.2) is 0 Å². The number of aromatic nitrogens is 1. The minimum atomic E-state index is -0.751. The number of para-hydroxylation sites is 1. The van der Waals surface area contributed by atoms with Crippen LogP contribution in [0.25, 0.3) is 10.9 Å². The lowest BCUT2D eigenvalue weighted by atomic mass is 9.89. The van der Waals surface area contributed by atoms with Gasteiger partial charge in [0, 0.05) is 41.5 Å². The summed E-state index contributed by atoms with van der Waals surface area (Å²) in [5.41, 5.74) is 5.47. The molecule has 2 aliphatic heterocycles. The third kappa shape index (κ3) is 5.12. The Hall–Kier alpha value is -4.39. The molecule has 4 aromatic rings. The average Bonchev–Trinajstić information content (AvgIpc) is 3.52. The molecule has 0 fully saturated rings. The fourth-order valence-electron chi connectivity index (χ4n) is 6.35. The molecule has 3 amide bonds. The van der Waals surface area contributed by atoms with Gasteiger partial charge in [0.1, 0.15) is 12.1 Å². The number of hydrogen-bond acceptors (Lipinski definition) is 3. The largest absolute Gasteiger partial charge is 0.356 e. The lowest BCUT2D eigenvalue weighted by Gasteiger charge is -2.37. The summed E-state index contributed by atoms with van der Waals surface area (Å²) in [6, 6.07) is 23.5. The second-order valence-corrected chi connectivity index (χ2v) is 11.1. The van der Waals surface area contributed by atoms with Gasteiger partial charge in [0.05, 0.1) is 6.04 Å². The fraction of sp³-hybridized carbons (Fsp3) is 0.324. The summed E-state index contributed by atoms with van der Waals surface area (Å²) in [5, 5.41) is 7.16. The highest BCUT2D eigenvalue weighted by atomic mass is 16.2. The van der Waals surface area contributed by atoms with Gasteiger partial charge in [0.2, 0.25) is 11.8 Å². The molecule has 0 saturated carbocycles. The first-order valence-corrected chi connectivity index (χ1v) is 14.7. The van der Waals surface area contributed by atoms with E-state index >= 15 is 0 Å². The van der Waals surface area contributed by atoms with Crippen molar-refractivity contribution in [3.63, 3.8) is 0 Å². The van der Waals surface area contributed by atoms with Crippen LogP contribution in [0.3, 0.4) is 0 Å². The first-order chi connectivity index (χ1) is 20.1. The molecule has 3 heterocycles. The number of benzene rings is 3. The van der Waals surface area contributed by atoms with Crippen molar-refractivity contribution in [1.82, 2.24) is 20.5 Å². The van der Waals surface area contributed by atoms with Crippen LogP contribution in [0.5, 0.6) is 0 Å². The summed E-state index contributed by atoms with van der Waals surface area (Å²) >= 11 is 0. The summed E-state index contributed by atoms with van der Waals surface area (Å²) in [5.74, 6) is -0.668. The quantitative estimate of drug-likeness (QED) is 0.242. The van der Waals surface area contributed by atoms with Crippen LogP contribution in [-0.2, 0) is 22.4 Å². The van der Waals surface area contributed by atoms with Gasteiger partial charge in [-0.15, -0.1) is 0 Å². The number of hydrogen-bond donors (Lipinski definition) is 3. The Morgan fingerprint density at radius 2 is 1.71 bits per heavy atom. The highest BCUT2D eigenvalue weighted by molar-refractivity contribution is 6.04. The molecular weight excluding hydrogens is 512 g/mol. The molecule has 2 aliphatic rings. The number of amides is 3. The zero-order valence-electron chi connectivity index (χ0n) is 23.4. The maximum Gasteiger partial charge on any atom is 0.255 e. The predicted octanol–water partition coefficient (Wildman–Crippen LogP) is 5.06. The zero-order valence-corrected chi connectivity index (χ0v) is 23.4. The van der Waals surface area contributed by atoms with Crippen LogP contribution in [0, 0.1) is 0 Å². The van der Waals surface area contributed by atoms with Crippen molar-refractivity contribution in [2.24, 2.45) is 0 Å². The third-order valence-electron chi connectivity index (χ3n) is 8.40. The van der Waals surface area contributed by atoms with Crippen LogP contribution in [0.4, 0.5) is 0 Å². The Kier molecular flexibility index (Phi) is 7.59. The Balaban J connectivity index is 1.30. The first-order valence-electron chi connectivity index (χ1n) is 14.7. The molecule has 0 aliphatic carbocycles. The van der Waals surface area contributed by atoms with Crippen molar-refractivity contribution in [3.05, 3.63) is 107 Å². The number of nitrogens with one attached hydrogen (secondary N) is 3. The summed E-state index contributed by atoms with van der Waals surface area (Å²) in [4.78, 5) is 46.5. The lowest BCUT2D eigenvalue weighted by Crippen LogP contribution is -2.57. The van der Waals surface area contributed by atoms with E-state index < -0.39 is 12.1 Å². The number of H-pyrrole nitrogens is 1. The van der Waals surface area contributed by atoms with E-state index in [1.807, 2.05) is 72.8 Å². The predicted molar refractivity (Wildman–Crippen MR) is 159 cm³/mol. The Bertz CT molecular complexity index is 1580. The highest BCUT2D eigenvalue weighted by Crippen LogP contribution is 2.46. The van der Waals surface area contributed by atoms with Gasteiger partial charge >= 0.3 is 0 Å². The van der Waals surface area contributed by atoms with E-state index in [4.69, 9.17) is 0 Å². The maximum absolute atomic E-state index is 14.1. The number of unbranched alkanes of at least 4 members (excludes halogenated alkanes) is 3. The molecule has 41 heavy (non-hydrogen) atoms. The van der Waals surface area contributed by atoms with Crippen molar-refractivity contribution in [1.29, 1.82) is 0 Å². The fourth-order valence-corrected chi connectivity index (χ4v) is 6.35. The van der Waals surface area contributed by atoms with Gasteiger partial charge in [0.25, 0.3) is 5.91 Å². The molecule has 3 atom stereocenters. The molecule has 3 N–H and O–H groups in total. The van der Waals surface area contributed by atoms with E-state index in [9.17, 15) is 14.4 Å². The van der Waals surface area contributed by atoms with E-state index in [1.54, 1.807) is 4.90 Å². The number of fused-ring (bicyclic) bond motifs is 7. The van der Waals surface area contributed by atoms with Crippen molar-refractivity contribution in [2.75, 3.05) is 6.54 Å². The van der Waals surface area contributed by atoms with Crippen molar-refractivity contribution in [3.8, 4) is 0 Å². The molecule has 1 aromatic heterocycles. The maximum atomic E-state index is 14.1. The second-order valence-electron chi connectivity index (χ2n) is 11.1. The van der Waals surface area contributed by atoms with E-state index in [1.165, 1.54) is 0 Å². The van der Waals surface area contributed by atoms with Gasteiger partial charge in [-0.3, -0.25) is 14.4 Å². The molecule has 7 heteroatoms. The highest BCUT2D eigenvalue weighted by Gasteiger charge is 2.49. The lowest BCUT2D eigenvalue weighted by molar-refractivity contribution is -0.132. The summed E-state index contributed by atoms with van der Waals surface area (Å²) < 4.78 is 0. The van der Waals surface area contributed by atoms with E-state index in [-0.39, 0.29) is 23.8 Å². The van der Waals surface area contributed by atoms with Crippen molar-refractivity contribution in [2.45, 2.75) is 63.6 Å². The number of aromatic amines is 1. The molecule has 210 valence electrons. The number of rotatable bonds is 10. The molecular formula is C34H36N4O3. The van der Waals surface area contributed by atoms with Crippen LogP contribution in [0.15, 0.2) is 78.9 Å². The Morgan fingerprint density at radius 3 is 2.54 bits per heavy atom. The monoisotopic (exact) mass is 548 g/mol. The third-order valence-corrected chi connectivity index (χ3v) is 8.40. The molecule has 7 nitrogen and oxygen atoms in total. The minimum Gasteiger partial charge on any atom is -0.356 e. The minimum absolute atomic E-state index is 0.157.